The van der Waals surface area contributed by atoms with E-state index in [-0.39, 0.29) is 22.9 Å². The number of sulfone groups is 1. The molecule has 2 bridgehead atoms. The molecule has 13 heteroatoms. The third kappa shape index (κ3) is 4.35. The molecule has 9 nitrogen and oxygen atoms in total. The van der Waals surface area contributed by atoms with E-state index < -0.39 is 67.7 Å². The lowest BCUT2D eigenvalue weighted by molar-refractivity contribution is -0.138. The fourth-order valence-electron chi connectivity index (χ4n) is 6.24. The van der Waals surface area contributed by atoms with E-state index in [1.165, 1.54) is 37.3 Å². The van der Waals surface area contributed by atoms with Crippen LogP contribution in [0.2, 0.25) is 0 Å². The van der Waals surface area contributed by atoms with Crippen molar-refractivity contribution in [3.63, 3.8) is 0 Å². The summed E-state index contributed by atoms with van der Waals surface area (Å²) in [5.41, 5.74) is -4.16. The highest BCUT2D eigenvalue weighted by molar-refractivity contribution is 7.91. The molecule has 2 aromatic carbocycles. The highest BCUT2D eigenvalue weighted by Gasteiger charge is 2.74. The number of nitriles is 1. The number of amides is 3. The van der Waals surface area contributed by atoms with Gasteiger partial charge in [0.1, 0.15) is 0 Å². The Morgan fingerprint density at radius 2 is 1.77 bits per heavy atom. The predicted octanol–water partition coefficient (Wildman–Crippen LogP) is 3.83. The molecule has 3 aliphatic heterocycles. The first-order valence-corrected chi connectivity index (χ1v) is 14.1. The van der Waals surface area contributed by atoms with Gasteiger partial charge in [-0.05, 0) is 68.7 Å². The number of anilines is 2. The van der Waals surface area contributed by atoms with Crippen LogP contribution in [0.15, 0.2) is 47.4 Å². The maximum atomic E-state index is 13.7. The van der Waals surface area contributed by atoms with Gasteiger partial charge >= 0.3 is 6.18 Å². The van der Waals surface area contributed by atoms with E-state index in [1.54, 1.807) is 6.92 Å². The fourth-order valence-corrected chi connectivity index (χ4v) is 7.64. The zero-order valence-electron chi connectivity index (χ0n) is 21.4. The van der Waals surface area contributed by atoms with Gasteiger partial charge in [-0.3, -0.25) is 14.4 Å². The fraction of sp³-hybridized carbons (Fsp3) is 0.407. The average Bonchev–Trinajstić information content (AvgIpc) is 3.46. The average molecular weight is 576 g/mol. The van der Waals surface area contributed by atoms with Gasteiger partial charge in [0.15, 0.2) is 9.84 Å². The maximum absolute atomic E-state index is 13.7. The summed E-state index contributed by atoms with van der Waals surface area (Å²) in [5.74, 6) is -4.24. The number of rotatable bonds is 6. The van der Waals surface area contributed by atoms with Gasteiger partial charge in [0, 0.05) is 12.6 Å². The number of ether oxygens (including phenoxy) is 1. The summed E-state index contributed by atoms with van der Waals surface area (Å²) in [4.78, 5) is 39.1. The molecule has 0 radical (unpaired) electrons. The van der Waals surface area contributed by atoms with Crippen LogP contribution < -0.4 is 10.2 Å². The SMILES string of the molecule is CC(=O)Nc1ccc(S(=O)(=O)CC[C@@]23CC[C@@](C)(O2)[C@H]2C(=O)N(c4ccc(C#N)c(C(F)(F)F)c4)C(=O)[C@H]23)cc1. The Labute approximate surface area is 227 Å². The molecule has 3 aliphatic rings. The number of fused-ring (bicyclic) bond motifs is 5. The van der Waals surface area contributed by atoms with Gasteiger partial charge in [0.05, 0.1) is 56.6 Å². The lowest BCUT2D eigenvalue weighted by atomic mass is 9.67. The number of carbonyl (C=O) groups is 3. The molecule has 3 saturated heterocycles. The first-order chi connectivity index (χ1) is 18.6. The summed E-state index contributed by atoms with van der Waals surface area (Å²) in [6, 6.07) is 9.72. The number of alkyl halides is 3. The first kappa shape index (κ1) is 27.8. The molecule has 3 fully saturated rings. The Bertz CT molecular complexity index is 1580. The third-order valence-corrected chi connectivity index (χ3v) is 9.76. The summed E-state index contributed by atoms with van der Waals surface area (Å²) in [5, 5.41) is 11.6. The number of hydrogen-bond acceptors (Lipinski definition) is 7. The smallest absolute Gasteiger partial charge is 0.367 e. The summed E-state index contributed by atoms with van der Waals surface area (Å²) in [6.45, 7) is 2.98. The van der Waals surface area contributed by atoms with E-state index in [4.69, 9.17) is 10.00 Å². The van der Waals surface area contributed by atoms with Crippen molar-refractivity contribution in [2.45, 2.75) is 55.4 Å². The number of nitrogens with one attached hydrogen (secondary N) is 1. The van der Waals surface area contributed by atoms with E-state index in [0.717, 1.165) is 12.1 Å². The molecule has 210 valence electrons. The standard InChI is InChI=1S/C27H24F3N3O6S/c1-15(34)32-17-4-7-19(8-5-17)40(37,38)12-11-26-10-9-25(2,39-26)21-22(26)24(36)33(23(21)35)18-6-3-16(14-31)20(13-18)27(28,29)30/h3-8,13,21-22H,9-12H2,1-2H3,(H,32,34)/t21-,22+,25-,26-/m1/s1. The van der Waals surface area contributed by atoms with Crippen LogP contribution in [-0.4, -0.2) is 43.1 Å². The summed E-state index contributed by atoms with van der Waals surface area (Å²) < 4.78 is 73.3. The molecule has 1 N–H and O–H groups in total. The Hall–Kier alpha value is -3.76. The minimum absolute atomic E-state index is 0.000946. The lowest BCUT2D eigenvalue weighted by Crippen LogP contribution is -2.43. The molecule has 0 saturated carbocycles. The number of halogens is 3. The highest BCUT2D eigenvalue weighted by Crippen LogP contribution is 2.62. The Balaban J connectivity index is 1.43. The van der Waals surface area contributed by atoms with Crippen LogP contribution >= 0.6 is 0 Å². The summed E-state index contributed by atoms with van der Waals surface area (Å²) in [6.07, 6.45) is -4.32. The molecular weight excluding hydrogens is 551 g/mol. The number of imide groups is 1. The molecule has 4 atom stereocenters. The first-order valence-electron chi connectivity index (χ1n) is 12.4. The highest BCUT2D eigenvalue weighted by atomic mass is 32.2. The molecule has 0 aromatic heterocycles. The van der Waals surface area contributed by atoms with Crippen LogP contribution in [-0.2, 0) is 35.1 Å². The normalized spacial score (nSPS) is 27.6. The van der Waals surface area contributed by atoms with Gasteiger partial charge in [0.25, 0.3) is 0 Å². The van der Waals surface area contributed by atoms with Crippen molar-refractivity contribution in [1.29, 1.82) is 5.26 Å². The van der Waals surface area contributed by atoms with Crippen LogP contribution in [0.5, 0.6) is 0 Å². The third-order valence-electron chi connectivity index (χ3n) is 8.03. The van der Waals surface area contributed by atoms with Gasteiger partial charge in [0.2, 0.25) is 17.7 Å². The molecule has 3 heterocycles. The van der Waals surface area contributed by atoms with E-state index in [1.807, 2.05) is 0 Å². The van der Waals surface area contributed by atoms with Crippen LogP contribution in [0.1, 0.15) is 44.2 Å². The quantitative estimate of drug-likeness (QED) is 0.518. The zero-order valence-corrected chi connectivity index (χ0v) is 22.2. The van der Waals surface area contributed by atoms with E-state index in [2.05, 4.69) is 5.32 Å². The van der Waals surface area contributed by atoms with Crippen molar-refractivity contribution in [2.24, 2.45) is 11.8 Å². The van der Waals surface area contributed by atoms with E-state index >= 15 is 0 Å². The second-order valence-corrected chi connectivity index (χ2v) is 12.7. The molecule has 0 spiro atoms. The molecular formula is C27H24F3N3O6S. The molecule has 3 amide bonds. The second-order valence-electron chi connectivity index (χ2n) is 10.6. The number of nitrogens with zero attached hydrogens (tertiary/aromatic N) is 2. The van der Waals surface area contributed by atoms with Gasteiger partial charge < -0.3 is 10.1 Å². The lowest BCUT2D eigenvalue weighted by Gasteiger charge is -2.31. The van der Waals surface area contributed by atoms with E-state index in [9.17, 15) is 36.0 Å². The number of carbonyl (C=O) groups excluding carboxylic acids is 3. The predicted molar refractivity (Wildman–Crippen MR) is 135 cm³/mol. The van der Waals surface area contributed by atoms with Crippen molar-refractivity contribution in [3.8, 4) is 6.07 Å². The van der Waals surface area contributed by atoms with Gasteiger partial charge in [-0.15, -0.1) is 0 Å². The Kier molecular flexibility index (Phi) is 6.35. The number of hydrogen-bond donors (Lipinski definition) is 1. The molecule has 40 heavy (non-hydrogen) atoms. The van der Waals surface area contributed by atoms with Gasteiger partial charge in [-0.1, -0.05) is 0 Å². The van der Waals surface area contributed by atoms with Crippen LogP contribution in [0.25, 0.3) is 0 Å². The van der Waals surface area contributed by atoms with Gasteiger partial charge in [-0.25, -0.2) is 13.3 Å². The van der Waals surface area contributed by atoms with Crippen molar-refractivity contribution in [3.05, 3.63) is 53.6 Å². The van der Waals surface area contributed by atoms with Crippen molar-refractivity contribution >= 4 is 38.9 Å². The van der Waals surface area contributed by atoms with Crippen LogP contribution in [0, 0.1) is 23.2 Å². The van der Waals surface area contributed by atoms with Crippen molar-refractivity contribution < 1.29 is 40.7 Å². The second kappa shape index (κ2) is 9.14. The topological polar surface area (TPSA) is 134 Å². The minimum Gasteiger partial charge on any atom is -0.367 e. The number of benzene rings is 2. The van der Waals surface area contributed by atoms with E-state index in [0.29, 0.717) is 29.5 Å². The minimum atomic E-state index is -4.88. The van der Waals surface area contributed by atoms with Crippen LogP contribution in [0.3, 0.4) is 0 Å². The maximum Gasteiger partial charge on any atom is 0.417 e. The monoisotopic (exact) mass is 575 g/mol. The molecule has 5 rings (SSSR count). The summed E-state index contributed by atoms with van der Waals surface area (Å²) >= 11 is 0. The molecule has 0 unspecified atom stereocenters. The zero-order chi connectivity index (χ0) is 29.3. The van der Waals surface area contributed by atoms with Gasteiger partial charge in [-0.2, -0.15) is 18.4 Å². The molecule has 2 aromatic rings. The summed E-state index contributed by atoms with van der Waals surface area (Å²) in [7, 11) is -3.86. The largest absolute Gasteiger partial charge is 0.417 e. The van der Waals surface area contributed by atoms with Crippen molar-refractivity contribution in [2.75, 3.05) is 16.0 Å². The van der Waals surface area contributed by atoms with Crippen molar-refractivity contribution in [1.82, 2.24) is 0 Å². The Morgan fingerprint density at radius 1 is 1.12 bits per heavy atom. The molecule has 0 aliphatic carbocycles. The van der Waals surface area contributed by atoms with Crippen LogP contribution in [0.4, 0.5) is 24.5 Å². The Morgan fingerprint density at radius 3 is 2.38 bits per heavy atom.